The molecular formula is C20H30N2O3. The van der Waals surface area contributed by atoms with Crippen molar-refractivity contribution in [1.29, 1.82) is 0 Å². The Morgan fingerprint density at radius 3 is 2.40 bits per heavy atom. The zero-order valence-electron chi connectivity index (χ0n) is 15.4. The molecule has 1 N–H and O–H groups in total. The average Bonchev–Trinajstić information content (AvgIpc) is 2.62. The molecule has 1 aliphatic rings. The van der Waals surface area contributed by atoms with Gasteiger partial charge in [-0.2, -0.15) is 0 Å². The highest BCUT2D eigenvalue weighted by molar-refractivity contribution is 5.98. The lowest BCUT2D eigenvalue weighted by Crippen LogP contribution is -2.44. The van der Waals surface area contributed by atoms with Gasteiger partial charge in [0, 0.05) is 37.5 Å². The Bertz CT molecular complexity index is 549. The number of ether oxygens (including phenoxy) is 1. The van der Waals surface area contributed by atoms with E-state index in [1.54, 1.807) is 24.3 Å². The molecule has 5 heteroatoms. The van der Waals surface area contributed by atoms with Crippen molar-refractivity contribution in [1.82, 2.24) is 10.2 Å². The zero-order valence-corrected chi connectivity index (χ0v) is 15.4. The number of hydrogen-bond acceptors (Lipinski definition) is 4. The van der Waals surface area contributed by atoms with Gasteiger partial charge >= 0.3 is 0 Å². The Hall–Kier alpha value is -1.88. The van der Waals surface area contributed by atoms with E-state index < -0.39 is 0 Å². The van der Waals surface area contributed by atoms with Gasteiger partial charge < -0.3 is 15.0 Å². The van der Waals surface area contributed by atoms with Crippen LogP contribution in [0.5, 0.6) is 5.75 Å². The first kappa shape index (κ1) is 19.4. The Labute approximate surface area is 150 Å². The minimum Gasteiger partial charge on any atom is -0.494 e. The van der Waals surface area contributed by atoms with Gasteiger partial charge in [-0.3, -0.25) is 9.59 Å². The monoisotopic (exact) mass is 346 g/mol. The number of nitrogens with zero attached hydrogens (tertiary/aromatic N) is 1. The van der Waals surface area contributed by atoms with Crippen LogP contribution in [0.3, 0.4) is 0 Å². The van der Waals surface area contributed by atoms with E-state index in [0.717, 1.165) is 38.2 Å². The summed E-state index contributed by atoms with van der Waals surface area (Å²) in [6.45, 7) is 7.94. The third-order valence-electron chi connectivity index (χ3n) is 4.56. The number of amides is 1. The summed E-state index contributed by atoms with van der Waals surface area (Å²) in [5, 5.41) is 3.08. The fraction of sp³-hybridized carbons (Fsp3) is 0.600. The second kappa shape index (κ2) is 10.2. The lowest BCUT2D eigenvalue weighted by Gasteiger charge is -2.32. The zero-order chi connectivity index (χ0) is 18.1. The van der Waals surface area contributed by atoms with Gasteiger partial charge in [0.15, 0.2) is 5.78 Å². The predicted molar refractivity (Wildman–Crippen MR) is 99.1 cm³/mol. The molecule has 0 bridgehead atoms. The van der Waals surface area contributed by atoms with Crippen molar-refractivity contribution in [2.45, 2.75) is 52.0 Å². The van der Waals surface area contributed by atoms with Gasteiger partial charge in [0.25, 0.3) is 0 Å². The minimum atomic E-state index is -0.0202. The van der Waals surface area contributed by atoms with Crippen LogP contribution >= 0.6 is 0 Å². The molecule has 1 saturated heterocycles. The molecule has 2 rings (SSSR count). The van der Waals surface area contributed by atoms with Crippen molar-refractivity contribution in [2.75, 3.05) is 26.2 Å². The maximum Gasteiger partial charge on any atom is 0.220 e. The first-order valence-electron chi connectivity index (χ1n) is 9.40. The van der Waals surface area contributed by atoms with Crippen LogP contribution in [0, 0.1) is 0 Å². The first-order chi connectivity index (χ1) is 12.1. The van der Waals surface area contributed by atoms with Crippen LogP contribution in [0.1, 0.15) is 56.3 Å². The summed E-state index contributed by atoms with van der Waals surface area (Å²) in [7, 11) is 0. The van der Waals surface area contributed by atoms with E-state index in [1.165, 1.54) is 6.42 Å². The van der Waals surface area contributed by atoms with Gasteiger partial charge in [-0.15, -0.1) is 0 Å². The number of rotatable bonds is 9. The molecule has 0 atom stereocenters. The molecule has 1 fully saturated rings. The van der Waals surface area contributed by atoms with Crippen LogP contribution in [0.15, 0.2) is 24.3 Å². The highest BCUT2D eigenvalue weighted by Gasteiger charge is 2.20. The van der Waals surface area contributed by atoms with E-state index in [1.807, 2.05) is 6.92 Å². The molecule has 0 saturated carbocycles. The molecule has 1 aliphatic heterocycles. The van der Waals surface area contributed by atoms with E-state index in [-0.39, 0.29) is 30.6 Å². The lowest BCUT2D eigenvalue weighted by atomic mass is 10.0. The molecule has 1 aromatic rings. The molecule has 1 amide bonds. The van der Waals surface area contributed by atoms with Crippen molar-refractivity contribution in [3.05, 3.63) is 29.8 Å². The van der Waals surface area contributed by atoms with Crippen molar-refractivity contribution in [2.24, 2.45) is 0 Å². The number of benzene rings is 1. The number of carbonyl (C=O) groups is 2. The second-order valence-corrected chi connectivity index (χ2v) is 6.56. The predicted octanol–water partition coefficient (Wildman–Crippen LogP) is 3.04. The van der Waals surface area contributed by atoms with Crippen molar-refractivity contribution >= 4 is 11.7 Å². The molecule has 5 nitrogen and oxygen atoms in total. The Morgan fingerprint density at radius 1 is 1.12 bits per heavy atom. The average molecular weight is 346 g/mol. The molecule has 1 heterocycles. The fourth-order valence-corrected chi connectivity index (χ4v) is 3.19. The first-order valence-corrected chi connectivity index (χ1v) is 9.40. The standard InChI is InChI=1S/C20H30N2O3/c1-3-13-22-14-11-17(12-15-22)21-20(24)10-9-19(23)16-5-7-18(8-6-16)25-4-2/h5-8,17H,3-4,9-15H2,1-2H3,(H,21,24). The van der Waals surface area contributed by atoms with Crippen LogP contribution in [-0.4, -0.2) is 48.9 Å². The summed E-state index contributed by atoms with van der Waals surface area (Å²) in [5.41, 5.74) is 0.629. The van der Waals surface area contributed by atoms with Crippen LogP contribution in [0.2, 0.25) is 0 Å². The molecule has 0 aromatic heterocycles. The van der Waals surface area contributed by atoms with E-state index in [9.17, 15) is 9.59 Å². The highest BCUT2D eigenvalue weighted by atomic mass is 16.5. The van der Waals surface area contributed by atoms with Crippen molar-refractivity contribution in [3.63, 3.8) is 0 Å². The molecule has 25 heavy (non-hydrogen) atoms. The smallest absolute Gasteiger partial charge is 0.220 e. The number of piperidine rings is 1. The Morgan fingerprint density at radius 2 is 1.80 bits per heavy atom. The van der Waals surface area contributed by atoms with Gasteiger partial charge in [-0.25, -0.2) is 0 Å². The largest absolute Gasteiger partial charge is 0.494 e. The number of nitrogens with one attached hydrogen (secondary N) is 1. The summed E-state index contributed by atoms with van der Waals surface area (Å²) in [6.07, 6.45) is 3.66. The van der Waals surface area contributed by atoms with Gasteiger partial charge in [0.05, 0.1) is 6.61 Å². The number of carbonyl (C=O) groups excluding carboxylic acids is 2. The van der Waals surface area contributed by atoms with Crippen LogP contribution in [0.4, 0.5) is 0 Å². The van der Waals surface area contributed by atoms with E-state index in [2.05, 4.69) is 17.1 Å². The van der Waals surface area contributed by atoms with Crippen LogP contribution < -0.4 is 10.1 Å². The number of likely N-dealkylation sites (tertiary alicyclic amines) is 1. The quantitative estimate of drug-likeness (QED) is 0.698. The number of Topliss-reactive ketones (excluding diaryl/α,β-unsaturated/α-hetero) is 1. The van der Waals surface area contributed by atoms with E-state index >= 15 is 0 Å². The Balaban J connectivity index is 1.70. The van der Waals surface area contributed by atoms with E-state index in [0.29, 0.717) is 12.2 Å². The van der Waals surface area contributed by atoms with Crippen molar-refractivity contribution < 1.29 is 14.3 Å². The summed E-state index contributed by atoms with van der Waals surface area (Å²) in [5.74, 6) is 0.732. The van der Waals surface area contributed by atoms with Gasteiger partial charge in [-0.1, -0.05) is 6.92 Å². The molecule has 0 spiro atoms. The topological polar surface area (TPSA) is 58.6 Å². The summed E-state index contributed by atoms with van der Waals surface area (Å²) in [4.78, 5) is 26.7. The van der Waals surface area contributed by atoms with Gasteiger partial charge in [-0.05, 0) is 57.0 Å². The summed E-state index contributed by atoms with van der Waals surface area (Å²) in [6, 6.07) is 7.35. The molecule has 0 unspecified atom stereocenters. The number of hydrogen-bond donors (Lipinski definition) is 1. The third kappa shape index (κ3) is 6.50. The summed E-state index contributed by atoms with van der Waals surface area (Å²) >= 11 is 0. The lowest BCUT2D eigenvalue weighted by molar-refractivity contribution is -0.122. The molecule has 0 radical (unpaired) electrons. The second-order valence-electron chi connectivity index (χ2n) is 6.56. The van der Waals surface area contributed by atoms with Crippen molar-refractivity contribution in [3.8, 4) is 5.75 Å². The maximum absolute atomic E-state index is 12.2. The van der Waals surface area contributed by atoms with Gasteiger partial charge in [0.2, 0.25) is 5.91 Å². The summed E-state index contributed by atoms with van der Waals surface area (Å²) < 4.78 is 5.37. The molecular weight excluding hydrogens is 316 g/mol. The van der Waals surface area contributed by atoms with Crippen LogP contribution in [0.25, 0.3) is 0 Å². The Kier molecular flexibility index (Phi) is 7.92. The third-order valence-corrected chi connectivity index (χ3v) is 4.56. The minimum absolute atomic E-state index is 0.00374. The normalized spacial score (nSPS) is 15.8. The number of ketones is 1. The SMILES string of the molecule is CCCN1CCC(NC(=O)CCC(=O)c2ccc(OCC)cc2)CC1. The maximum atomic E-state index is 12.2. The van der Waals surface area contributed by atoms with Gasteiger partial charge in [0.1, 0.15) is 5.75 Å². The molecule has 138 valence electrons. The van der Waals surface area contributed by atoms with E-state index in [4.69, 9.17) is 4.74 Å². The highest BCUT2D eigenvalue weighted by Crippen LogP contribution is 2.15. The molecule has 0 aliphatic carbocycles. The fourth-order valence-electron chi connectivity index (χ4n) is 3.19. The molecule has 1 aromatic carbocycles. The van der Waals surface area contributed by atoms with Crippen LogP contribution in [-0.2, 0) is 4.79 Å².